The Morgan fingerprint density at radius 2 is 1.70 bits per heavy atom. The third-order valence-corrected chi connectivity index (χ3v) is 5.75. The Morgan fingerprint density at radius 1 is 0.967 bits per heavy atom. The number of carbonyl (C=O) groups is 2. The van der Waals surface area contributed by atoms with Gasteiger partial charge in [0.15, 0.2) is 11.5 Å². The molecule has 2 amide bonds. The van der Waals surface area contributed by atoms with Crippen LogP contribution in [0.4, 0.5) is 11.4 Å². The molecule has 0 saturated heterocycles. The molecule has 30 heavy (non-hydrogen) atoms. The third kappa shape index (κ3) is 3.79. The first kappa shape index (κ1) is 20.1. The van der Waals surface area contributed by atoms with E-state index >= 15 is 0 Å². The molecule has 4 rings (SSSR count). The molecule has 1 heterocycles. The number of methoxy groups -OCH3 is 1. The SMILES string of the molecule is COc1ccc(NC(C)=O)cc1NC(=O)C1(c2ccc3c(c2)OCCO3)CCCC1. The smallest absolute Gasteiger partial charge is 0.235 e. The first-order valence-corrected chi connectivity index (χ1v) is 10.2. The number of nitrogens with one attached hydrogen (secondary N) is 2. The van der Waals surface area contributed by atoms with Crippen LogP contribution in [0.2, 0.25) is 0 Å². The fourth-order valence-electron chi connectivity index (χ4n) is 4.30. The van der Waals surface area contributed by atoms with E-state index in [0.29, 0.717) is 41.8 Å². The fourth-order valence-corrected chi connectivity index (χ4v) is 4.30. The first-order chi connectivity index (χ1) is 14.5. The summed E-state index contributed by atoms with van der Waals surface area (Å²) in [5.74, 6) is 1.66. The van der Waals surface area contributed by atoms with Gasteiger partial charge in [-0.3, -0.25) is 9.59 Å². The summed E-state index contributed by atoms with van der Waals surface area (Å²) in [4.78, 5) is 25.0. The Balaban J connectivity index is 1.66. The molecule has 2 aromatic carbocycles. The topological polar surface area (TPSA) is 85.9 Å². The zero-order valence-electron chi connectivity index (χ0n) is 17.2. The average Bonchev–Trinajstić information content (AvgIpc) is 3.24. The lowest BCUT2D eigenvalue weighted by molar-refractivity contribution is -0.121. The van der Waals surface area contributed by atoms with E-state index in [-0.39, 0.29) is 11.8 Å². The van der Waals surface area contributed by atoms with Crippen LogP contribution in [0.15, 0.2) is 36.4 Å². The zero-order valence-corrected chi connectivity index (χ0v) is 17.2. The summed E-state index contributed by atoms with van der Waals surface area (Å²) in [6.45, 7) is 2.48. The predicted octanol–water partition coefficient (Wildman–Crippen LogP) is 3.88. The van der Waals surface area contributed by atoms with Crippen molar-refractivity contribution in [3.8, 4) is 17.2 Å². The normalized spacial score (nSPS) is 16.6. The highest BCUT2D eigenvalue weighted by Gasteiger charge is 2.43. The Hall–Kier alpha value is -3.22. The van der Waals surface area contributed by atoms with Gasteiger partial charge in [-0.15, -0.1) is 0 Å². The van der Waals surface area contributed by atoms with E-state index in [0.717, 1.165) is 31.2 Å². The van der Waals surface area contributed by atoms with Crippen LogP contribution < -0.4 is 24.8 Å². The highest BCUT2D eigenvalue weighted by atomic mass is 16.6. The van der Waals surface area contributed by atoms with E-state index < -0.39 is 5.41 Å². The van der Waals surface area contributed by atoms with E-state index in [1.807, 2.05) is 18.2 Å². The molecular weight excluding hydrogens is 384 g/mol. The number of benzene rings is 2. The quantitative estimate of drug-likeness (QED) is 0.781. The van der Waals surface area contributed by atoms with Gasteiger partial charge in [-0.25, -0.2) is 0 Å². The largest absolute Gasteiger partial charge is 0.495 e. The summed E-state index contributed by atoms with van der Waals surface area (Å²) in [5.41, 5.74) is 1.40. The van der Waals surface area contributed by atoms with Crippen molar-refractivity contribution in [2.45, 2.75) is 38.0 Å². The molecule has 1 saturated carbocycles. The molecule has 0 atom stereocenters. The lowest BCUT2D eigenvalue weighted by Crippen LogP contribution is -2.38. The minimum absolute atomic E-state index is 0.0880. The zero-order chi connectivity index (χ0) is 21.1. The average molecular weight is 410 g/mol. The van der Waals surface area contributed by atoms with Gasteiger partial charge in [0.05, 0.1) is 18.2 Å². The molecular formula is C23H26N2O5. The molecule has 7 heteroatoms. The number of anilines is 2. The molecule has 0 unspecified atom stereocenters. The van der Waals surface area contributed by atoms with Gasteiger partial charge in [0.2, 0.25) is 11.8 Å². The molecule has 0 bridgehead atoms. The first-order valence-electron chi connectivity index (χ1n) is 10.2. The van der Waals surface area contributed by atoms with E-state index in [9.17, 15) is 9.59 Å². The number of rotatable bonds is 5. The number of hydrogen-bond donors (Lipinski definition) is 2. The molecule has 2 aromatic rings. The summed E-state index contributed by atoms with van der Waals surface area (Å²) < 4.78 is 16.8. The summed E-state index contributed by atoms with van der Waals surface area (Å²) in [7, 11) is 1.55. The van der Waals surface area contributed by atoms with Gasteiger partial charge in [-0.1, -0.05) is 18.9 Å². The van der Waals surface area contributed by atoms with E-state index in [1.165, 1.54) is 6.92 Å². The third-order valence-electron chi connectivity index (χ3n) is 5.75. The van der Waals surface area contributed by atoms with Crippen molar-refractivity contribution in [3.05, 3.63) is 42.0 Å². The minimum atomic E-state index is -0.648. The summed E-state index contributed by atoms with van der Waals surface area (Å²) in [6, 6.07) is 11.0. The number of amides is 2. The molecule has 7 nitrogen and oxygen atoms in total. The van der Waals surface area contributed by atoms with Crippen molar-refractivity contribution in [2.75, 3.05) is 31.0 Å². The summed E-state index contributed by atoms with van der Waals surface area (Å²) in [6.07, 6.45) is 3.47. The van der Waals surface area contributed by atoms with Gasteiger partial charge in [-0.05, 0) is 48.7 Å². The van der Waals surface area contributed by atoms with Gasteiger partial charge in [-0.2, -0.15) is 0 Å². The Bertz CT molecular complexity index is 966. The van der Waals surface area contributed by atoms with Crippen molar-refractivity contribution < 1.29 is 23.8 Å². The van der Waals surface area contributed by atoms with Crippen molar-refractivity contribution in [1.82, 2.24) is 0 Å². The minimum Gasteiger partial charge on any atom is -0.495 e. The summed E-state index contributed by atoms with van der Waals surface area (Å²) >= 11 is 0. The number of fused-ring (bicyclic) bond motifs is 1. The molecule has 1 aliphatic heterocycles. The Labute approximate surface area is 175 Å². The highest BCUT2D eigenvalue weighted by molar-refractivity contribution is 6.01. The molecule has 1 fully saturated rings. The standard InChI is InChI=1S/C23H26N2O5/c1-15(26)24-17-6-8-19(28-2)18(14-17)25-22(27)23(9-3-4-10-23)16-5-7-20-21(13-16)30-12-11-29-20/h5-8,13-14H,3-4,9-12H2,1-2H3,(H,24,26)(H,25,27). The fraction of sp³-hybridized carbons (Fsp3) is 0.391. The van der Waals surface area contributed by atoms with Crippen LogP contribution in [0.3, 0.4) is 0 Å². The lowest BCUT2D eigenvalue weighted by atomic mass is 9.77. The number of carbonyl (C=O) groups excluding carboxylic acids is 2. The lowest BCUT2D eigenvalue weighted by Gasteiger charge is -2.30. The van der Waals surface area contributed by atoms with Crippen LogP contribution in [0, 0.1) is 0 Å². The molecule has 158 valence electrons. The molecule has 0 aromatic heterocycles. The van der Waals surface area contributed by atoms with Gasteiger partial charge in [0, 0.05) is 12.6 Å². The van der Waals surface area contributed by atoms with E-state index in [2.05, 4.69) is 10.6 Å². The van der Waals surface area contributed by atoms with Gasteiger partial charge in [0.25, 0.3) is 0 Å². The number of hydrogen-bond acceptors (Lipinski definition) is 5. The van der Waals surface area contributed by atoms with E-state index in [4.69, 9.17) is 14.2 Å². The van der Waals surface area contributed by atoms with Crippen LogP contribution in [-0.4, -0.2) is 32.1 Å². The van der Waals surface area contributed by atoms with Gasteiger partial charge >= 0.3 is 0 Å². The van der Waals surface area contributed by atoms with Crippen LogP contribution in [0.5, 0.6) is 17.2 Å². The predicted molar refractivity (Wildman–Crippen MR) is 114 cm³/mol. The van der Waals surface area contributed by atoms with Crippen LogP contribution in [0.25, 0.3) is 0 Å². The molecule has 2 N–H and O–H groups in total. The molecule has 0 spiro atoms. The molecule has 0 radical (unpaired) electrons. The molecule has 1 aliphatic carbocycles. The maximum atomic E-state index is 13.6. The maximum absolute atomic E-state index is 13.6. The van der Waals surface area contributed by atoms with Crippen molar-refractivity contribution in [2.24, 2.45) is 0 Å². The summed E-state index contributed by atoms with van der Waals surface area (Å²) in [5, 5.41) is 5.79. The Morgan fingerprint density at radius 3 is 2.40 bits per heavy atom. The number of ether oxygens (including phenoxy) is 3. The second-order valence-corrected chi connectivity index (χ2v) is 7.70. The van der Waals surface area contributed by atoms with Crippen LogP contribution in [-0.2, 0) is 15.0 Å². The molecule has 2 aliphatic rings. The van der Waals surface area contributed by atoms with Crippen LogP contribution in [0.1, 0.15) is 38.2 Å². The monoisotopic (exact) mass is 410 g/mol. The Kier molecular flexibility index (Phi) is 5.53. The maximum Gasteiger partial charge on any atom is 0.235 e. The second kappa shape index (κ2) is 8.26. The van der Waals surface area contributed by atoms with Crippen molar-refractivity contribution >= 4 is 23.2 Å². The van der Waals surface area contributed by atoms with Crippen molar-refractivity contribution in [1.29, 1.82) is 0 Å². The second-order valence-electron chi connectivity index (χ2n) is 7.70. The van der Waals surface area contributed by atoms with E-state index in [1.54, 1.807) is 25.3 Å². The van der Waals surface area contributed by atoms with Gasteiger partial charge in [0.1, 0.15) is 19.0 Å². The highest BCUT2D eigenvalue weighted by Crippen LogP contribution is 2.45. The van der Waals surface area contributed by atoms with Gasteiger partial charge < -0.3 is 24.8 Å². The van der Waals surface area contributed by atoms with Crippen LogP contribution >= 0.6 is 0 Å². The van der Waals surface area contributed by atoms with Crippen molar-refractivity contribution in [3.63, 3.8) is 0 Å².